The summed E-state index contributed by atoms with van der Waals surface area (Å²) in [6.45, 7) is 2.09. The van der Waals surface area contributed by atoms with Gasteiger partial charge in [-0.15, -0.1) is 0 Å². The van der Waals surface area contributed by atoms with E-state index in [2.05, 4.69) is 15.8 Å². The first-order chi connectivity index (χ1) is 12.5. The third-order valence-electron chi connectivity index (χ3n) is 4.01. The third-order valence-corrected chi connectivity index (χ3v) is 4.01. The van der Waals surface area contributed by atoms with Crippen LogP contribution in [-0.4, -0.2) is 43.9 Å². The predicted octanol–water partition coefficient (Wildman–Crippen LogP) is 1.93. The number of nitrogens with zero attached hydrogens (tertiary/aromatic N) is 2. The van der Waals surface area contributed by atoms with Crippen LogP contribution in [0.4, 0.5) is 16.3 Å². The fourth-order valence-electron chi connectivity index (χ4n) is 2.81. The van der Waals surface area contributed by atoms with E-state index in [-0.39, 0.29) is 18.4 Å². The number of urea groups is 1. The van der Waals surface area contributed by atoms with Crippen LogP contribution >= 0.6 is 0 Å². The second kappa shape index (κ2) is 7.34. The van der Waals surface area contributed by atoms with Crippen molar-refractivity contribution in [1.29, 1.82) is 0 Å². The van der Waals surface area contributed by atoms with Gasteiger partial charge in [-0.3, -0.25) is 10.1 Å². The maximum atomic E-state index is 12.3. The molecule has 1 aliphatic heterocycles. The van der Waals surface area contributed by atoms with Gasteiger partial charge in [0.05, 0.1) is 20.3 Å². The summed E-state index contributed by atoms with van der Waals surface area (Å²) in [7, 11) is 3.08. The Balaban J connectivity index is 1.64. The Morgan fingerprint density at radius 1 is 1.27 bits per heavy atom. The number of aryl methyl sites for hydroxylation is 1. The highest BCUT2D eigenvalue weighted by atomic mass is 16.5. The van der Waals surface area contributed by atoms with Crippen LogP contribution < -0.4 is 25.0 Å². The number of anilines is 2. The van der Waals surface area contributed by atoms with E-state index in [0.717, 1.165) is 0 Å². The summed E-state index contributed by atoms with van der Waals surface area (Å²) in [5.41, 5.74) is 0.685. The van der Waals surface area contributed by atoms with E-state index >= 15 is 0 Å². The average molecular weight is 360 g/mol. The van der Waals surface area contributed by atoms with Crippen molar-refractivity contribution in [2.45, 2.75) is 19.4 Å². The van der Waals surface area contributed by atoms with E-state index in [0.29, 0.717) is 35.3 Å². The fraction of sp³-hybridized carbons (Fsp3) is 0.353. The summed E-state index contributed by atoms with van der Waals surface area (Å²) in [5, 5.41) is 9.03. The summed E-state index contributed by atoms with van der Waals surface area (Å²) < 4.78 is 15.4. The second-order valence-corrected chi connectivity index (χ2v) is 5.87. The molecule has 1 aromatic carbocycles. The van der Waals surface area contributed by atoms with Crippen LogP contribution in [-0.2, 0) is 4.79 Å². The standard InChI is InChI=1S/C17H20N4O5/c1-10-6-15(20-26-10)19-17(23)18-11-7-16(22)21(9-11)12-4-5-13(24-2)14(8-12)25-3/h4-6,8,11H,7,9H2,1-3H3,(H2,18,19,20,23). The fourth-order valence-corrected chi connectivity index (χ4v) is 2.81. The minimum atomic E-state index is -0.440. The zero-order chi connectivity index (χ0) is 18.7. The van der Waals surface area contributed by atoms with Crippen molar-refractivity contribution in [3.05, 3.63) is 30.0 Å². The van der Waals surface area contributed by atoms with Gasteiger partial charge >= 0.3 is 6.03 Å². The molecular weight excluding hydrogens is 340 g/mol. The molecule has 2 N–H and O–H groups in total. The number of amides is 3. The normalized spacial score (nSPS) is 16.5. The van der Waals surface area contributed by atoms with Gasteiger partial charge in [-0.05, 0) is 19.1 Å². The average Bonchev–Trinajstić information content (AvgIpc) is 3.19. The number of rotatable bonds is 5. The molecule has 26 heavy (non-hydrogen) atoms. The number of nitrogens with one attached hydrogen (secondary N) is 2. The highest BCUT2D eigenvalue weighted by Gasteiger charge is 2.32. The minimum absolute atomic E-state index is 0.0835. The van der Waals surface area contributed by atoms with Crippen molar-refractivity contribution in [3.8, 4) is 11.5 Å². The summed E-state index contributed by atoms with van der Waals surface area (Å²) in [6, 6.07) is 6.10. The molecule has 1 aliphatic rings. The van der Waals surface area contributed by atoms with E-state index in [1.807, 2.05) is 0 Å². The number of carbonyl (C=O) groups excluding carboxylic acids is 2. The van der Waals surface area contributed by atoms with Crippen LogP contribution in [0.3, 0.4) is 0 Å². The predicted molar refractivity (Wildman–Crippen MR) is 93.7 cm³/mol. The highest BCUT2D eigenvalue weighted by Crippen LogP contribution is 2.33. The lowest BCUT2D eigenvalue weighted by Gasteiger charge is -2.19. The van der Waals surface area contributed by atoms with Crippen LogP contribution in [0.15, 0.2) is 28.8 Å². The molecule has 0 saturated carbocycles. The van der Waals surface area contributed by atoms with Crippen molar-refractivity contribution in [2.75, 3.05) is 31.0 Å². The van der Waals surface area contributed by atoms with Crippen molar-refractivity contribution < 1.29 is 23.6 Å². The molecule has 1 aromatic heterocycles. The van der Waals surface area contributed by atoms with Gasteiger partial charge in [-0.2, -0.15) is 0 Å². The molecule has 1 unspecified atom stereocenters. The Hall–Kier alpha value is -3.23. The number of carbonyl (C=O) groups is 2. The quantitative estimate of drug-likeness (QED) is 0.844. The monoisotopic (exact) mass is 360 g/mol. The maximum Gasteiger partial charge on any atom is 0.320 e. The van der Waals surface area contributed by atoms with Gasteiger partial charge in [-0.1, -0.05) is 5.16 Å². The molecule has 1 fully saturated rings. The number of methoxy groups -OCH3 is 2. The third kappa shape index (κ3) is 3.71. The molecule has 2 heterocycles. The lowest BCUT2D eigenvalue weighted by Crippen LogP contribution is -2.39. The molecule has 0 radical (unpaired) electrons. The van der Waals surface area contributed by atoms with Gasteiger partial charge in [0.1, 0.15) is 5.76 Å². The van der Waals surface area contributed by atoms with Crippen molar-refractivity contribution in [2.24, 2.45) is 0 Å². The zero-order valence-electron chi connectivity index (χ0n) is 14.7. The molecule has 9 heteroatoms. The Labute approximate surface area is 150 Å². The lowest BCUT2D eigenvalue weighted by molar-refractivity contribution is -0.117. The molecular formula is C17H20N4O5. The van der Waals surface area contributed by atoms with E-state index < -0.39 is 6.03 Å². The van der Waals surface area contributed by atoms with Crippen LogP contribution in [0.25, 0.3) is 0 Å². The van der Waals surface area contributed by atoms with Gasteiger partial charge in [0.15, 0.2) is 17.3 Å². The Kier molecular flexibility index (Phi) is 4.97. The number of hydrogen-bond acceptors (Lipinski definition) is 6. The van der Waals surface area contributed by atoms with E-state index in [4.69, 9.17) is 14.0 Å². The van der Waals surface area contributed by atoms with Crippen LogP contribution in [0.2, 0.25) is 0 Å². The van der Waals surface area contributed by atoms with Gasteiger partial charge in [0.25, 0.3) is 0 Å². The summed E-state index contributed by atoms with van der Waals surface area (Å²) in [6.07, 6.45) is 0.208. The lowest BCUT2D eigenvalue weighted by atomic mass is 10.2. The first kappa shape index (κ1) is 17.6. The molecule has 1 saturated heterocycles. The summed E-state index contributed by atoms with van der Waals surface area (Å²) >= 11 is 0. The number of ether oxygens (including phenoxy) is 2. The van der Waals surface area contributed by atoms with Crippen LogP contribution in [0, 0.1) is 6.92 Å². The first-order valence-corrected chi connectivity index (χ1v) is 8.03. The maximum absolute atomic E-state index is 12.3. The molecule has 1 atom stereocenters. The number of benzene rings is 1. The molecule has 9 nitrogen and oxygen atoms in total. The topological polar surface area (TPSA) is 106 Å². The van der Waals surface area contributed by atoms with Crippen LogP contribution in [0.1, 0.15) is 12.2 Å². The Morgan fingerprint density at radius 2 is 2.04 bits per heavy atom. The van der Waals surface area contributed by atoms with Crippen molar-refractivity contribution in [1.82, 2.24) is 10.5 Å². The van der Waals surface area contributed by atoms with Crippen molar-refractivity contribution in [3.63, 3.8) is 0 Å². The smallest absolute Gasteiger partial charge is 0.320 e. The van der Waals surface area contributed by atoms with E-state index in [1.165, 1.54) is 7.11 Å². The van der Waals surface area contributed by atoms with Gasteiger partial charge < -0.3 is 24.2 Å². The molecule has 3 amide bonds. The molecule has 138 valence electrons. The highest BCUT2D eigenvalue weighted by molar-refractivity contribution is 5.97. The van der Waals surface area contributed by atoms with E-state index in [1.54, 1.807) is 43.2 Å². The molecule has 2 aromatic rings. The molecule has 3 rings (SSSR count). The Morgan fingerprint density at radius 3 is 2.69 bits per heavy atom. The molecule has 0 bridgehead atoms. The van der Waals surface area contributed by atoms with Crippen molar-refractivity contribution >= 4 is 23.4 Å². The summed E-state index contributed by atoms with van der Waals surface area (Å²) in [4.78, 5) is 26.0. The molecule has 0 aliphatic carbocycles. The SMILES string of the molecule is COc1ccc(N2CC(NC(=O)Nc3cc(C)on3)CC2=O)cc1OC. The molecule has 0 spiro atoms. The van der Waals surface area contributed by atoms with Crippen LogP contribution in [0.5, 0.6) is 11.5 Å². The zero-order valence-corrected chi connectivity index (χ0v) is 14.7. The van der Waals surface area contributed by atoms with Gasteiger partial charge in [0.2, 0.25) is 5.91 Å². The number of aromatic nitrogens is 1. The first-order valence-electron chi connectivity index (χ1n) is 8.03. The summed E-state index contributed by atoms with van der Waals surface area (Å²) in [5.74, 6) is 1.95. The second-order valence-electron chi connectivity index (χ2n) is 5.87. The minimum Gasteiger partial charge on any atom is -0.493 e. The Bertz CT molecular complexity index is 819. The van der Waals surface area contributed by atoms with Gasteiger partial charge in [-0.25, -0.2) is 4.79 Å². The number of hydrogen-bond donors (Lipinski definition) is 2. The largest absolute Gasteiger partial charge is 0.493 e. The van der Waals surface area contributed by atoms with Gasteiger partial charge in [0, 0.05) is 30.8 Å². The van der Waals surface area contributed by atoms with E-state index in [9.17, 15) is 9.59 Å².